The zero-order valence-corrected chi connectivity index (χ0v) is 29.6. The first kappa shape index (κ1) is 36.2. The largest absolute Gasteiger partial charge is 0.472 e. The summed E-state index contributed by atoms with van der Waals surface area (Å²) >= 11 is 0. The summed E-state index contributed by atoms with van der Waals surface area (Å²) in [6, 6.07) is 4.79. The minimum absolute atomic E-state index is 0.0186. The maximum Gasteiger partial charge on any atom is 0.408 e. The van der Waals surface area contributed by atoms with Crippen molar-refractivity contribution in [3.63, 3.8) is 0 Å². The molecule has 5 atom stereocenters. The summed E-state index contributed by atoms with van der Waals surface area (Å²) in [5, 5.41) is 6.29. The number of likely N-dealkylation sites (tertiary alicyclic amines) is 1. The lowest BCUT2D eigenvalue weighted by Gasteiger charge is -2.36. The second-order valence-corrected chi connectivity index (χ2v) is 17.2. The molecule has 262 valence electrons. The van der Waals surface area contributed by atoms with Gasteiger partial charge in [-0.1, -0.05) is 44.4 Å². The average Bonchev–Trinajstić information content (AvgIpc) is 3.91. The minimum Gasteiger partial charge on any atom is -0.472 e. The van der Waals surface area contributed by atoms with Gasteiger partial charge >= 0.3 is 6.09 Å². The van der Waals surface area contributed by atoms with E-state index in [0.29, 0.717) is 23.7 Å². The molecular formula is C34H44BN5O8S. The van der Waals surface area contributed by atoms with Crippen LogP contribution < -0.4 is 25.6 Å². The molecule has 1 aliphatic heterocycles. The van der Waals surface area contributed by atoms with E-state index in [0.717, 1.165) is 5.39 Å². The first-order chi connectivity index (χ1) is 22.7. The second kappa shape index (κ2) is 13.0. The number of fused-ring (bicyclic) bond motifs is 1. The first-order valence-corrected chi connectivity index (χ1v) is 17.9. The molecule has 0 unspecified atom stereocenters. The number of carbonyl (C=O) groups is 4. The summed E-state index contributed by atoms with van der Waals surface area (Å²) in [7, 11) is 2.07. The number of nitrogens with zero attached hydrogens (tertiary/aromatic N) is 2. The fraction of sp³-hybridized carbons (Fsp3) is 0.559. The minimum atomic E-state index is -3.89. The van der Waals surface area contributed by atoms with Gasteiger partial charge in [0.1, 0.15) is 37.2 Å². The van der Waals surface area contributed by atoms with Gasteiger partial charge in [0.05, 0.1) is 11.8 Å². The molecule has 13 nitrogen and oxygen atoms in total. The highest BCUT2D eigenvalue weighted by atomic mass is 32.2. The van der Waals surface area contributed by atoms with Crippen LogP contribution in [0.1, 0.15) is 67.2 Å². The van der Waals surface area contributed by atoms with Crippen LogP contribution in [0.25, 0.3) is 10.8 Å². The van der Waals surface area contributed by atoms with Gasteiger partial charge in [0.2, 0.25) is 27.7 Å². The Bertz CT molecular complexity index is 1780. The Morgan fingerprint density at radius 2 is 1.82 bits per heavy atom. The van der Waals surface area contributed by atoms with Crippen molar-refractivity contribution in [2.24, 2.45) is 11.3 Å². The molecule has 3 aliphatic rings. The van der Waals surface area contributed by atoms with Crippen molar-refractivity contribution in [2.75, 3.05) is 6.54 Å². The van der Waals surface area contributed by atoms with Crippen molar-refractivity contribution in [3.8, 4) is 5.88 Å². The third kappa shape index (κ3) is 8.03. The molecule has 49 heavy (non-hydrogen) atoms. The number of amides is 4. The van der Waals surface area contributed by atoms with Gasteiger partial charge in [-0.15, -0.1) is 6.58 Å². The Hall–Kier alpha value is -4.14. The van der Waals surface area contributed by atoms with Crippen molar-refractivity contribution in [3.05, 3.63) is 43.1 Å². The number of nitrogens with one attached hydrogen (secondary N) is 3. The van der Waals surface area contributed by atoms with Crippen molar-refractivity contribution in [2.45, 2.75) is 102 Å². The molecule has 0 bridgehead atoms. The maximum atomic E-state index is 14.4. The van der Waals surface area contributed by atoms with Gasteiger partial charge in [-0.2, -0.15) is 0 Å². The Morgan fingerprint density at radius 3 is 2.41 bits per heavy atom. The van der Waals surface area contributed by atoms with Gasteiger partial charge in [0, 0.05) is 23.9 Å². The number of hydrogen-bond donors (Lipinski definition) is 3. The quantitative estimate of drug-likeness (QED) is 0.249. The maximum absolute atomic E-state index is 14.4. The van der Waals surface area contributed by atoms with Crippen LogP contribution in [0, 0.1) is 11.3 Å². The third-order valence-corrected chi connectivity index (χ3v) is 10.7. The molecule has 1 aromatic heterocycles. The molecule has 1 saturated heterocycles. The number of rotatable bonds is 10. The van der Waals surface area contributed by atoms with E-state index in [1.807, 2.05) is 0 Å². The molecule has 2 aromatic rings. The number of hydrogen-bond acceptors (Lipinski definition) is 9. The number of ether oxygens (including phenoxy) is 2. The van der Waals surface area contributed by atoms with Gasteiger partial charge in [-0.05, 0) is 63.0 Å². The Labute approximate surface area is 288 Å². The van der Waals surface area contributed by atoms with Crippen molar-refractivity contribution in [1.82, 2.24) is 25.2 Å². The normalized spacial score (nSPS) is 24.4. The fourth-order valence-electron chi connectivity index (χ4n) is 6.05. The lowest BCUT2D eigenvalue weighted by Crippen LogP contribution is -2.60. The van der Waals surface area contributed by atoms with Gasteiger partial charge in [0.15, 0.2) is 0 Å². The molecule has 2 heterocycles. The van der Waals surface area contributed by atoms with Gasteiger partial charge < -0.3 is 25.0 Å². The molecule has 4 amide bonds. The zero-order chi connectivity index (χ0) is 36.1. The van der Waals surface area contributed by atoms with E-state index in [1.54, 1.807) is 72.0 Å². The summed E-state index contributed by atoms with van der Waals surface area (Å²) in [5.74, 6) is -2.32. The Balaban J connectivity index is 1.44. The molecule has 2 radical (unpaired) electrons. The summed E-state index contributed by atoms with van der Waals surface area (Å²) < 4.78 is 39.2. The van der Waals surface area contributed by atoms with Crippen molar-refractivity contribution in [1.29, 1.82) is 0 Å². The van der Waals surface area contributed by atoms with Crippen LogP contribution in [-0.2, 0) is 29.1 Å². The van der Waals surface area contributed by atoms with Gasteiger partial charge in [-0.3, -0.25) is 19.1 Å². The fourth-order valence-corrected chi connectivity index (χ4v) is 7.42. The van der Waals surface area contributed by atoms with Crippen molar-refractivity contribution < 1.29 is 37.1 Å². The molecule has 3 fully saturated rings. The number of carbonyl (C=O) groups excluding carboxylic acids is 4. The standard InChI is InChI=1S/C34H44BN5O8S/c1-8-20-17-34(20,30(43)39-49(45,46)23-10-11-23)38-27(41)25-16-22(47-28-24-12-9-21(35)15-19(24)13-14-36-28)18-40(25)29(42)26(32(2,3)4)37-31(44)48-33(5,6)7/h8-9,12-15,20,22-23,25-26H,1,10-11,16-18H2,2-7H3,(H,37,44)(H,38,41)(H,39,43)/t20-,22-,25+,26-,34-/m1/s1. The van der Waals surface area contributed by atoms with E-state index in [-0.39, 0.29) is 25.3 Å². The zero-order valence-electron chi connectivity index (χ0n) is 28.7. The predicted molar refractivity (Wildman–Crippen MR) is 184 cm³/mol. The Kier molecular flexibility index (Phi) is 9.56. The monoisotopic (exact) mass is 693 g/mol. The lowest BCUT2D eigenvalue weighted by molar-refractivity contribution is -0.143. The van der Waals surface area contributed by atoms with Crippen LogP contribution in [0.3, 0.4) is 0 Å². The van der Waals surface area contributed by atoms with E-state index in [2.05, 4.69) is 26.9 Å². The average molecular weight is 694 g/mol. The van der Waals surface area contributed by atoms with E-state index >= 15 is 0 Å². The smallest absolute Gasteiger partial charge is 0.408 e. The van der Waals surface area contributed by atoms with Crippen LogP contribution in [0.15, 0.2) is 43.1 Å². The first-order valence-electron chi connectivity index (χ1n) is 16.4. The molecule has 15 heteroatoms. The molecule has 0 spiro atoms. The Morgan fingerprint density at radius 1 is 1.12 bits per heavy atom. The van der Waals surface area contributed by atoms with E-state index < -0.39 is 79.7 Å². The SMILES string of the molecule is [B]c1ccc2c(O[C@@H]3C[C@@H](C(=O)N[C@]4(C(=O)NS(=O)(=O)C5CC5)C[C@H]4C=C)N(C(=O)[C@@H](NC(=O)OC(C)(C)C)C(C)(C)C)C3)nccc2c1. The number of pyridine rings is 1. The molecule has 2 saturated carbocycles. The third-order valence-electron chi connectivity index (χ3n) is 8.90. The summed E-state index contributed by atoms with van der Waals surface area (Å²) in [6.45, 7) is 14.1. The molecule has 2 aliphatic carbocycles. The van der Waals surface area contributed by atoms with Crippen LogP contribution in [0.4, 0.5) is 4.79 Å². The number of alkyl carbamates (subject to hydrolysis) is 1. The molecule has 3 N–H and O–H groups in total. The van der Waals surface area contributed by atoms with Gasteiger partial charge in [0.25, 0.3) is 5.91 Å². The van der Waals surface area contributed by atoms with E-state index in [1.165, 1.54) is 11.0 Å². The molecule has 5 rings (SSSR count). The summed E-state index contributed by atoms with van der Waals surface area (Å²) in [4.78, 5) is 60.5. The lowest BCUT2D eigenvalue weighted by atomic mass is 9.85. The van der Waals surface area contributed by atoms with Crippen LogP contribution in [-0.4, -0.2) is 91.1 Å². The highest BCUT2D eigenvalue weighted by molar-refractivity contribution is 7.91. The number of aromatic nitrogens is 1. The molecular weight excluding hydrogens is 649 g/mol. The summed E-state index contributed by atoms with van der Waals surface area (Å²) in [5.41, 5.74) is -2.63. The van der Waals surface area contributed by atoms with E-state index in [9.17, 15) is 27.6 Å². The number of sulfonamides is 1. The second-order valence-electron chi connectivity index (χ2n) is 15.2. The molecule has 1 aromatic carbocycles. The highest BCUT2D eigenvalue weighted by Crippen LogP contribution is 2.45. The number of benzene rings is 1. The van der Waals surface area contributed by atoms with Crippen LogP contribution in [0.5, 0.6) is 5.88 Å². The van der Waals surface area contributed by atoms with Gasteiger partial charge in [-0.25, -0.2) is 18.2 Å². The van der Waals surface area contributed by atoms with Crippen LogP contribution in [0.2, 0.25) is 0 Å². The summed E-state index contributed by atoms with van der Waals surface area (Å²) in [6.07, 6.45) is 2.62. The van der Waals surface area contributed by atoms with Crippen LogP contribution >= 0.6 is 0 Å². The topological polar surface area (TPSA) is 173 Å². The van der Waals surface area contributed by atoms with Crippen molar-refractivity contribution >= 4 is 57.9 Å². The highest BCUT2D eigenvalue weighted by Gasteiger charge is 2.62. The predicted octanol–water partition coefficient (Wildman–Crippen LogP) is 1.99. The van der Waals surface area contributed by atoms with E-state index in [4.69, 9.17) is 17.3 Å².